The Labute approximate surface area is 176 Å². The lowest BCUT2D eigenvalue weighted by atomic mass is 9.97. The zero-order valence-corrected chi connectivity index (χ0v) is 17.5. The lowest BCUT2D eigenvalue weighted by Gasteiger charge is -2.30. The fraction of sp³-hybridized carbons (Fsp3) is 0.364. The summed E-state index contributed by atoms with van der Waals surface area (Å²) in [7, 11) is -3.64. The first kappa shape index (κ1) is 20.6. The number of carbonyl (C=O) groups is 2. The van der Waals surface area contributed by atoms with Crippen LogP contribution in [0.5, 0.6) is 0 Å². The van der Waals surface area contributed by atoms with Gasteiger partial charge in [0.15, 0.2) is 0 Å². The molecule has 2 aromatic rings. The minimum Gasteiger partial charge on any atom is -0.326 e. The summed E-state index contributed by atoms with van der Waals surface area (Å²) in [6, 6.07) is 14.2. The summed E-state index contributed by atoms with van der Waals surface area (Å²) in [5.74, 6) is -0.321. The van der Waals surface area contributed by atoms with E-state index in [1.807, 2.05) is 30.3 Å². The highest BCUT2D eigenvalue weighted by atomic mass is 32.2. The van der Waals surface area contributed by atoms with Crippen LogP contribution in [0.2, 0.25) is 0 Å². The van der Waals surface area contributed by atoms with E-state index in [1.165, 1.54) is 4.31 Å². The summed E-state index contributed by atoms with van der Waals surface area (Å²) in [5, 5.41) is 5.73. The molecule has 0 unspecified atom stereocenters. The Morgan fingerprint density at radius 1 is 1.03 bits per heavy atom. The molecule has 1 fully saturated rings. The maximum absolute atomic E-state index is 13.1. The Balaban J connectivity index is 1.42. The van der Waals surface area contributed by atoms with Crippen LogP contribution in [0, 0.1) is 5.92 Å². The third kappa shape index (κ3) is 4.39. The van der Waals surface area contributed by atoms with Gasteiger partial charge in [0.05, 0.1) is 4.90 Å². The van der Waals surface area contributed by atoms with Crippen molar-refractivity contribution in [2.45, 2.75) is 37.0 Å². The van der Waals surface area contributed by atoms with Crippen molar-refractivity contribution >= 4 is 33.2 Å². The zero-order valence-electron chi connectivity index (χ0n) is 16.6. The van der Waals surface area contributed by atoms with Crippen molar-refractivity contribution in [1.29, 1.82) is 0 Å². The molecule has 8 heteroatoms. The molecule has 0 saturated carbocycles. The number of aryl methyl sites for hydroxylation is 1. The molecular formula is C22H25N3O4S. The van der Waals surface area contributed by atoms with Crippen LogP contribution in [0.3, 0.4) is 0 Å². The SMILES string of the molecule is O=C1CCCc2cc(S(=O)(=O)N3CCC(C(=O)Nc4ccccc4)CC3)ccc2N1. The van der Waals surface area contributed by atoms with Gasteiger partial charge in [0, 0.05) is 36.8 Å². The Bertz CT molecular complexity index is 1050. The first-order chi connectivity index (χ1) is 14.4. The fourth-order valence-electron chi connectivity index (χ4n) is 3.98. The van der Waals surface area contributed by atoms with Gasteiger partial charge in [-0.25, -0.2) is 8.42 Å². The van der Waals surface area contributed by atoms with Gasteiger partial charge in [-0.1, -0.05) is 18.2 Å². The Morgan fingerprint density at radius 2 is 1.77 bits per heavy atom. The minimum atomic E-state index is -3.64. The first-order valence-electron chi connectivity index (χ1n) is 10.2. The maximum atomic E-state index is 13.1. The van der Waals surface area contributed by atoms with Crippen LogP contribution < -0.4 is 10.6 Å². The molecule has 0 bridgehead atoms. The number of rotatable bonds is 4. The number of anilines is 2. The highest BCUT2D eigenvalue weighted by Crippen LogP contribution is 2.29. The average molecular weight is 428 g/mol. The van der Waals surface area contributed by atoms with E-state index >= 15 is 0 Å². The van der Waals surface area contributed by atoms with Crippen LogP contribution in [-0.4, -0.2) is 37.6 Å². The average Bonchev–Trinajstić information content (AvgIpc) is 2.94. The van der Waals surface area contributed by atoms with Crippen LogP contribution in [0.1, 0.15) is 31.2 Å². The summed E-state index contributed by atoms with van der Waals surface area (Å²) in [6.07, 6.45) is 2.77. The molecule has 2 aliphatic rings. The van der Waals surface area contributed by atoms with Gasteiger partial charge in [-0.3, -0.25) is 9.59 Å². The molecule has 158 valence electrons. The highest BCUT2D eigenvalue weighted by molar-refractivity contribution is 7.89. The van der Waals surface area contributed by atoms with Crippen molar-refractivity contribution in [2.75, 3.05) is 23.7 Å². The number of hydrogen-bond acceptors (Lipinski definition) is 4. The lowest BCUT2D eigenvalue weighted by Crippen LogP contribution is -2.41. The molecule has 2 N–H and O–H groups in total. The van der Waals surface area contributed by atoms with E-state index in [0.717, 1.165) is 11.3 Å². The zero-order chi connectivity index (χ0) is 21.1. The van der Waals surface area contributed by atoms with E-state index in [9.17, 15) is 18.0 Å². The van der Waals surface area contributed by atoms with Crippen LogP contribution in [0.4, 0.5) is 11.4 Å². The number of nitrogens with zero attached hydrogens (tertiary/aromatic N) is 1. The largest absolute Gasteiger partial charge is 0.326 e. The van der Waals surface area contributed by atoms with Crippen LogP contribution >= 0.6 is 0 Å². The molecule has 2 aromatic carbocycles. The second-order valence-electron chi connectivity index (χ2n) is 7.75. The van der Waals surface area contributed by atoms with E-state index in [0.29, 0.717) is 50.9 Å². The number of hydrogen-bond donors (Lipinski definition) is 2. The van der Waals surface area contributed by atoms with E-state index < -0.39 is 10.0 Å². The van der Waals surface area contributed by atoms with Crippen molar-refractivity contribution in [2.24, 2.45) is 5.92 Å². The smallest absolute Gasteiger partial charge is 0.243 e. The fourth-order valence-corrected chi connectivity index (χ4v) is 5.51. The third-order valence-electron chi connectivity index (χ3n) is 5.70. The number of piperidine rings is 1. The number of carbonyl (C=O) groups excluding carboxylic acids is 2. The van der Waals surface area contributed by atoms with E-state index in [1.54, 1.807) is 18.2 Å². The lowest BCUT2D eigenvalue weighted by molar-refractivity contribution is -0.121. The molecule has 0 aliphatic carbocycles. The summed E-state index contributed by atoms with van der Waals surface area (Å²) in [5.41, 5.74) is 2.28. The van der Waals surface area contributed by atoms with Crippen molar-refractivity contribution in [3.8, 4) is 0 Å². The third-order valence-corrected chi connectivity index (χ3v) is 7.60. The minimum absolute atomic E-state index is 0.0415. The van der Waals surface area contributed by atoms with Crippen LogP contribution in [-0.2, 0) is 26.0 Å². The summed E-state index contributed by atoms with van der Waals surface area (Å²) < 4.78 is 27.7. The first-order valence-corrected chi connectivity index (χ1v) is 11.7. The van der Waals surface area contributed by atoms with Gasteiger partial charge in [-0.2, -0.15) is 4.31 Å². The summed E-state index contributed by atoms with van der Waals surface area (Å²) >= 11 is 0. The number of fused-ring (bicyclic) bond motifs is 1. The number of sulfonamides is 1. The van der Waals surface area contributed by atoms with Gasteiger partial charge in [0.25, 0.3) is 0 Å². The Morgan fingerprint density at radius 3 is 2.50 bits per heavy atom. The Kier molecular flexibility index (Phi) is 5.87. The molecule has 0 aromatic heterocycles. The number of amides is 2. The van der Waals surface area contributed by atoms with Crippen LogP contribution in [0.25, 0.3) is 0 Å². The molecule has 0 radical (unpaired) electrons. The monoisotopic (exact) mass is 427 g/mol. The van der Waals surface area contributed by atoms with Crippen molar-refractivity contribution in [3.63, 3.8) is 0 Å². The second-order valence-corrected chi connectivity index (χ2v) is 9.69. The second kappa shape index (κ2) is 8.57. The van der Waals surface area contributed by atoms with E-state index in [-0.39, 0.29) is 22.6 Å². The summed E-state index contributed by atoms with van der Waals surface area (Å²) in [4.78, 5) is 24.4. The van der Waals surface area contributed by atoms with Crippen molar-refractivity contribution in [1.82, 2.24) is 4.31 Å². The quantitative estimate of drug-likeness (QED) is 0.784. The van der Waals surface area contributed by atoms with Gasteiger partial charge in [0.1, 0.15) is 0 Å². The van der Waals surface area contributed by atoms with Gasteiger partial charge >= 0.3 is 0 Å². The van der Waals surface area contributed by atoms with Crippen molar-refractivity contribution < 1.29 is 18.0 Å². The normalized spacial score (nSPS) is 18.2. The molecule has 2 aliphatic heterocycles. The standard InChI is InChI=1S/C22H25N3O4S/c26-21-8-4-5-17-15-19(9-10-20(17)24-21)30(28,29)25-13-11-16(12-14-25)22(27)23-18-6-2-1-3-7-18/h1-3,6-7,9-10,15-16H,4-5,8,11-14H2,(H,23,27)(H,24,26). The predicted molar refractivity (Wildman–Crippen MR) is 115 cm³/mol. The van der Waals surface area contributed by atoms with Gasteiger partial charge in [-0.15, -0.1) is 0 Å². The number of nitrogens with one attached hydrogen (secondary N) is 2. The van der Waals surface area contributed by atoms with Crippen LogP contribution in [0.15, 0.2) is 53.4 Å². The number of para-hydroxylation sites is 1. The molecule has 0 spiro atoms. The highest BCUT2D eigenvalue weighted by Gasteiger charge is 2.32. The molecule has 0 atom stereocenters. The van der Waals surface area contributed by atoms with Crippen molar-refractivity contribution in [3.05, 3.63) is 54.1 Å². The number of benzene rings is 2. The molecule has 1 saturated heterocycles. The maximum Gasteiger partial charge on any atom is 0.243 e. The van der Waals surface area contributed by atoms with Gasteiger partial charge in [-0.05, 0) is 61.6 Å². The van der Waals surface area contributed by atoms with Gasteiger partial charge in [0.2, 0.25) is 21.8 Å². The van der Waals surface area contributed by atoms with E-state index in [2.05, 4.69) is 10.6 Å². The van der Waals surface area contributed by atoms with E-state index in [4.69, 9.17) is 0 Å². The Hall–Kier alpha value is -2.71. The van der Waals surface area contributed by atoms with Gasteiger partial charge < -0.3 is 10.6 Å². The summed E-state index contributed by atoms with van der Waals surface area (Å²) in [6.45, 7) is 0.617. The molecule has 4 rings (SSSR count). The molecule has 7 nitrogen and oxygen atoms in total. The predicted octanol–water partition coefficient (Wildman–Crippen LogP) is 3.00. The topological polar surface area (TPSA) is 95.6 Å². The molecule has 30 heavy (non-hydrogen) atoms. The molecule has 2 heterocycles. The molecule has 2 amide bonds. The molecular weight excluding hydrogens is 402 g/mol.